The number of morpholine rings is 1. The number of rotatable bonds is 6. The Kier molecular flexibility index (Phi) is 10.4. The first kappa shape index (κ1) is 31.2. The molecule has 2 aromatic rings. The summed E-state index contributed by atoms with van der Waals surface area (Å²) < 4.78 is 65.8. The summed E-state index contributed by atoms with van der Waals surface area (Å²) in [6.45, 7) is 9.45. The monoisotopic (exact) mass is 586 g/mol. The van der Waals surface area contributed by atoms with Gasteiger partial charge in [-0.05, 0) is 41.8 Å². The standard InChI is InChI=1S/C24H32N4O4S.C2HF3O2/c1-18(2)19-3-6-21(7-4-19)33(30,31)26-20-5-8-23(27-11-9-25-10-12-27)22(17-20)24(29)28-13-15-32-16-14-28;3-2(4,5)1(6)7/h3-8,17-18,25-26H,9-16H2,1-2H3;(H,6,7). The Labute approximate surface area is 231 Å². The molecule has 2 aromatic carbocycles. The van der Waals surface area contributed by atoms with Crippen molar-refractivity contribution in [3.05, 3.63) is 53.6 Å². The van der Waals surface area contributed by atoms with Crippen molar-refractivity contribution in [2.45, 2.75) is 30.8 Å². The topological polar surface area (TPSA) is 128 Å². The normalized spacial score (nSPS) is 16.2. The minimum Gasteiger partial charge on any atom is -0.475 e. The number of alkyl halides is 3. The van der Waals surface area contributed by atoms with E-state index < -0.39 is 22.2 Å². The molecule has 40 heavy (non-hydrogen) atoms. The zero-order valence-electron chi connectivity index (χ0n) is 22.2. The number of carbonyl (C=O) groups is 2. The van der Waals surface area contributed by atoms with Crippen LogP contribution >= 0.6 is 0 Å². The van der Waals surface area contributed by atoms with Gasteiger partial charge in [-0.1, -0.05) is 26.0 Å². The number of aliphatic carboxylic acids is 1. The van der Waals surface area contributed by atoms with E-state index in [9.17, 15) is 26.4 Å². The lowest BCUT2D eigenvalue weighted by molar-refractivity contribution is -0.192. The molecule has 2 heterocycles. The third-order valence-corrected chi connectivity index (χ3v) is 7.73. The maximum absolute atomic E-state index is 13.4. The van der Waals surface area contributed by atoms with Crippen LogP contribution in [0, 0.1) is 0 Å². The fraction of sp³-hybridized carbons (Fsp3) is 0.462. The summed E-state index contributed by atoms with van der Waals surface area (Å²) in [5.41, 5.74) is 2.79. The first-order valence-corrected chi connectivity index (χ1v) is 14.2. The number of nitrogens with one attached hydrogen (secondary N) is 2. The summed E-state index contributed by atoms with van der Waals surface area (Å²) in [7, 11) is -3.78. The second-order valence-electron chi connectivity index (χ2n) is 9.51. The van der Waals surface area contributed by atoms with Crippen LogP contribution in [-0.2, 0) is 19.6 Å². The molecule has 10 nitrogen and oxygen atoms in total. The van der Waals surface area contributed by atoms with Gasteiger partial charge in [0, 0.05) is 50.6 Å². The van der Waals surface area contributed by atoms with Gasteiger partial charge in [0.05, 0.1) is 23.7 Å². The van der Waals surface area contributed by atoms with Gasteiger partial charge in [0.15, 0.2) is 0 Å². The Morgan fingerprint density at radius 3 is 2.10 bits per heavy atom. The molecule has 2 aliphatic rings. The van der Waals surface area contributed by atoms with E-state index in [1.54, 1.807) is 29.2 Å². The largest absolute Gasteiger partial charge is 0.490 e. The predicted molar refractivity (Wildman–Crippen MR) is 143 cm³/mol. The SMILES string of the molecule is CC(C)c1ccc(S(=O)(=O)Nc2ccc(N3CCNCC3)c(C(=O)N3CCOCC3)c2)cc1.O=C(O)C(F)(F)F. The van der Waals surface area contributed by atoms with E-state index in [-0.39, 0.29) is 10.8 Å². The summed E-state index contributed by atoms with van der Waals surface area (Å²) in [4.78, 5) is 26.4. The smallest absolute Gasteiger partial charge is 0.475 e. The van der Waals surface area contributed by atoms with Gasteiger partial charge in [0.2, 0.25) is 0 Å². The molecule has 0 radical (unpaired) electrons. The zero-order valence-corrected chi connectivity index (χ0v) is 23.0. The number of nitrogens with zero attached hydrogens (tertiary/aromatic N) is 2. The molecular formula is C26H33F3N4O6S. The van der Waals surface area contributed by atoms with Crippen molar-refractivity contribution < 1.29 is 41.0 Å². The van der Waals surface area contributed by atoms with E-state index in [0.717, 1.165) is 37.4 Å². The Morgan fingerprint density at radius 2 is 1.57 bits per heavy atom. The predicted octanol–water partition coefficient (Wildman–Crippen LogP) is 3.13. The van der Waals surface area contributed by atoms with Gasteiger partial charge in [-0.25, -0.2) is 13.2 Å². The van der Waals surface area contributed by atoms with E-state index in [4.69, 9.17) is 14.6 Å². The van der Waals surface area contributed by atoms with E-state index in [2.05, 4.69) is 28.8 Å². The first-order valence-electron chi connectivity index (χ1n) is 12.7. The number of piperazine rings is 1. The number of halogens is 3. The minimum absolute atomic E-state index is 0.103. The third-order valence-electron chi connectivity index (χ3n) is 6.33. The molecule has 2 aliphatic heterocycles. The second-order valence-corrected chi connectivity index (χ2v) is 11.2. The molecule has 3 N–H and O–H groups in total. The summed E-state index contributed by atoms with van der Waals surface area (Å²) >= 11 is 0. The van der Waals surface area contributed by atoms with E-state index >= 15 is 0 Å². The molecule has 0 bridgehead atoms. The molecule has 2 saturated heterocycles. The van der Waals surface area contributed by atoms with Crippen molar-refractivity contribution in [3.8, 4) is 0 Å². The van der Waals surface area contributed by atoms with Gasteiger partial charge in [0.25, 0.3) is 15.9 Å². The van der Waals surface area contributed by atoms with Gasteiger partial charge < -0.3 is 25.0 Å². The molecule has 0 aromatic heterocycles. The van der Waals surface area contributed by atoms with Crippen LogP contribution in [0.15, 0.2) is 47.4 Å². The van der Waals surface area contributed by atoms with Gasteiger partial charge in [0.1, 0.15) is 0 Å². The Balaban J connectivity index is 0.000000559. The molecule has 0 atom stereocenters. The molecular weight excluding hydrogens is 553 g/mol. The van der Waals surface area contributed by atoms with Gasteiger partial charge in [-0.2, -0.15) is 13.2 Å². The average Bonchev–Trinajstić information content (AvgIpc) is 2.93. The molecule has 0 saturated carbocycles. The summed E-state index contributed by atoms with van der Waals surface area (Å²) in [6.07, 6.45) is -5.08. The molecule has 0 unspecified atom stereocenters. The lowest BCUT2D eigenvalue weighted by Gasteiger charge is -2.33. The number of carboxylic acid groups (broad SMARTS) is 1. The number of sulfonamides is 1. The highest BCUT2D eigenvalue weighted by Gasteiger charge is 2.38. The van der Waals surface area contributed by atoms with E-state index in [1.807, 2.05) is 18.2 Å². The van der Waals surface area contributed by atoms with Crippen LogP contribution in [0.2, 0.25) is 0 Å². The second kappa shape index (κ2) is 13.3. The molecule has 220 valence electrons. The highest BCUT2D eigenvalue weighted by molar-refractivity contribution is 7.92. The van der Waals surface area contributed by atoms with Crippen molar-refractivity contribution >= 4 is 33.3 Å². The van der Waals surface area contributed by atoms with Crippen molar-refractivity contribution in [2.75, 3.05) is 62.1 Å². The van der Waals surface area contributed by atoms with Crippen LogP contribution in [0.25, 0.3) is 0 Å². The summed E-state index contributed by atoms with van der Waals surface area (Å²) in [5.74, 6) is -2.54. The highest BCUT2D eigenvalue weighted by Crippen LogP contribution is 2.28. The highest BCUT2D eigenvalue weighted by atomic mass is 32.2. The van der Waals surface area contributed by atoms with Gasteiger partial charge in [-0.3, -0.25) is 9.52 Å². The summed E-state index contributed by atoms with van der Waals surface area (Å²) in [5, 5.41) is 10.4. The summed E-state index contributed by atoms with van der Waals surface area (Å²) in [6, 6.07) is 12.1. The molecule has 4 rings (SSSR count). The lowest BCUT2D eigenvalue weighted by Crippen LogP contribution is -2.45. The average molecular weight is 587 g/mol. The third kappa shape index (κ3) is 8.32. The number of ether oxygens (including phenoxy) is 1. The van der Waals surface area contributed by atoms with Crippen LogP contribution in [-0.4, -0.2) is 89.0 Å². The van der Waals surface area contributed by atoms with Crippen LogP contribution in [0.5, 0.6) is 0 Å². The fourth-order valence-corrected chi connectivity index (χ4v) is 5.18. The maximum atomic E-state index is 13.4. The Bertz CT molecular complexity index is 1270. The number of carbonyl (C=O) groups excluding carboxylic acids is 1. The maximum Gasteiger partial charge on any atom is 0.490 e. The minimum atomic E-state index is -5.08. The molecule has 2 fully saturated rings. The fourth-order valence-electron chi connectivity index (χ4n) is 4.14. The lowest BCUT2D eigenvalue weighted by atomic mass is 10.0. The van der Waals surface area contributed by atoms with Crippen molar-refractivity contribution in [3.63, 3.8) is 0 Å². The zero-order chi connectivity index (χ0) is 29.5. The van der Waals surface area contributed by atoms with E-state index in [1.165, 1.54) is 0 Å². The van der Waals surface area contributed by atoms with Crippen molar-refractivity contribution in [2.24, 2.45) is 0 Å². The number of anilines is 2. The molecule has 14 heteroatoms. The van der Waals surface area contributed by atoms with Gasteiger partial charge >= 0.3 is 12.1 Å². The number of carboxylic acids is 1. The number of amides is 1. The first-order chi connectivity index (χ1) is 18.8. The van der Waals surface area contributed by atoms with E-state index in [0.29, 0.717) is 43.5 Å². The molecule has 1 amide bonds. The van der Waals surface area contributed by atoms with Gasteiger partial charge in [-0.15, -0.1) is 0 Å². The van der Waals surface area contributed by atoms with Crippen LogP contribution in [0.1, 0.15) is 35.7 Å². The van der Waals surface area contributed by atoms with Crippen molar-refractivity contribution in [1.29, 1.82) is 0 Å². The Morgan fingerprint density at radius 1 is 1.00 bits per heavy atom. The Hall–Kier alpha value is -3.36. The molecule has 0 spiro atoms. The number of hydrogen-bond acceptors (Lipinski definition) is 7. The number of benzene rings is 2. The van der Waals surface area contributed by atoms with Crippen molar-refractivity contribution in [1.82, 2.24) is 10.2 Å². The molecule has 0 aliphatic carbocycles. The van der Waals surface area contributed by atoms with Crippen LogP contribution in [0.3, 0.4) is 0 Å². The van der Waals surface area contributed by atoms with Crippen LogP contribution < -0.4 is 14.9 Å². The quantitative estimate of drug-likeness (QED) is 0.471. The van der Waals surface area contributed by atoms with Crippen LogP contribution in [0.4, 0.5) is 24.5 Å². The number of hydrogen-bond donors (Lipinski definition) is 3.